The molecule has 0 aromatic carbocycles. The van der Waals surface area contributed by atoms with E-state index in [2.05, 4.69) is 20.3 Å². The summed E-state index contributed by atoms with van der Waals surface area (Å²) >= 11 is 0. The van der Waals surface area contributed by atoms with E-state index in [9.17, 15) is 4.79 Å². The van der Waals surface area contributed by atoms with Crippen LogP contribution in [-0.2, 0) is 9.47 Å². The Kier molecular flexibility index (Phi) is 5.77. The van der Waals surface area contributed by atoms with Gasteiger partial charge in [0.1, 0.15) is 17.1 Å². The van der Waals surface area contributed by atoms with Crippen LogP contribution in [0.5, 0.6) is 0 Å². The summed E-state index contributed by atoms with van der Waals surface area (Å²) in [5.74, 6) is 1.41. The van der Waals surface area contributed by atoms with E-state index in [0.717, 1.165) is 38.7 Å². The molecule has 4 rings (SSSR count). The second-order valence-corrected chi connectivity index (χ2v) is 9.00. The maximum absolute atomic E-state index is 12.3. The van der Waals surface area contributed by atoms with Crippen LogP contribution in [0.25, 0.3) is 11.5 Å². The Morgan fingerprint density at radius 2 is 1.93 bits per heavy atom. The lowest BCUT2D eigenvalue weighted by atomic mass is 10.1. The highest BCUT2D eigenvalue weighted by Gasteiger charge is 2.30. The van der Waals surface area contributed by atoms with Gasteiger partial charge in [0, 0.05) is 19.7 Å². The van der Waals surface area contributed by atoms with E-state index >= 15 is 0 Å². The number of piperidine rings is 1. The molecular formula is C20H31N7O3. The van der Waals surface area contributed by atoms with Crippen LogP contribution in [-0.4, -0.2) is 66.0 Å². The van der Waals surface area contributed by atoms with Crippen LogP contribution in [0.1, 0.15) is 71.0 Å². The van der Waals surface area contributed by atoms with Gasteiger partial charge in [0.15, 0.2) is 12.1 Å². The number of aromatic nitrogens is 6. The van der Waals surface area contributed by atoms with Crippen LogP contribution in [0.3, 0.4) is 0 Å². The third-order valence-corrected chi connectivity index (χ3v) is 5.35. The summed E-state index contributed by atoms with van der Waals surface area (Å²) in [5, 5.41) is 13.7. The first-order chi connectivity index (χ1) is 14.3. The average molecular weight is 418 g/mol. The van der Waals surface area contributed by atoms with Gasteiger partial charge < -0.3 is 14.4 Å². The second kappa shape index (κ2) is 8.33. The zero-order valence-electron chi connectivity index (χ0n) is 18.2. The lowest BCUT2D eigenvalue weighted by Crippen LogP contribution is -2.42. The molecule has 0 radical (unpaired) electrons. The van der Waals surface area contributed by atoms with Gasteiger partial charge in [-0.2, -0.15) is 15.0 Å². The minimum absolute atomic E-state index is 0.109. The fraction of sp³-hybridized carbons (Fsp3) is 0.750. The molecular weight excluding hydrogens is 386 g/mol. The Labute approximate surface area is 176 Å². The molecule has 2 saturated heterocycles. The fourth-order valence-electron chi connectivity index (χ4n) is 3.90. The van der Waals surface area contributed by atoms with E-state index in [0.29, 0.717) is 30.4 Å². The maximum Gasteiger partial charge on any atom is 0.410 e. The molecule has 1 atom stereocenters. The molecule has 164 valence electrons. The quantitative estimate of drug-likeness (QED) is 0.756. The van der Waals surface area contributed by atoms with E-state index < -0.39 is 5.60 Å². The Bertz CT molecular complexity index is 871. The second-order valence-electron chi connectivity index (χ2n) is 9.00. The topological polar surface area (TPSA) is 100 Å². The molecule has 2 aliphatic rings. The van der Waals surface area contributed by atoms with Crippen LogP contribution >= 0.6 is 0 Å². The predicted molar refractivity (Wildman–Crippen MR) is 109 cm³/mol. The molecule has 4 heterocycles. The highest BCUT2D eigenvalue weighted by Crippen LogP contribution is 2.28. The number of amides is 1. The van der Waals surface area contributed by atoms with Gasteiger partial charge in [-0.1, -0.05) is 0 Å². The van der Waals surface area contributed by atoms with Crippen molar-refractivity contribution in [2.24, 2.45) is 0 Å². The molecule has 0 bridgehead atoms. The van der Waals surface area contributed by atoms with E-state index in [4.69, 9.17) is 9.47 Å². The van der Waals surface area contributed by atoms with Crippen LogP contribution in [0.2, 0.25) is 0 Å². The van der Waals surface area contributed by atoms with Gasteiger partial charge in [0.05, 0.1) is 12.2 Å². The number of rotatable bonds is 3. The molecule has 30 heavy (non-hydrogen) atoms. The van der Waals surface area contributed by atoms with E-state index in [1.807, 2.05) is 32.4 Å². The van der Waals surface area contributed by atoms with Crippen molar-refractivity contribution >= 4 is 6.09 Å². The third-order valence-electron chi connectivity index (χ3n) is 5.35. The zero-order valence-corrected chi connectivity index (χ0v) is 18.2. The van der Waals surface area contributed by atoms with Crippen LogP contribution in [0.15, 0.2) is 6.20 Å². The first-order valence-electron chi connectivity index (χ1n) is 10.7. The summed E-state index contributed by atoms with van der Waals surface area (Å²) in [6.45, 7) is 9.52. The molecule has 2 aliphatic heterocycles. The van der Waals surface area contributed by atoms with Gasteiger partial charge in [-0.15, -0.1) is 5.10 Å². The molecule has 1 unspecified atom stereocenters. The minimum atomic E-state index is -0.488. The monoisotopic (exact) mass is 417 g/mol. The number of likely N-dealkylation sites (tertiary alicyclic amines) is 1. The van der Waals surface area contributed by atoms with Gasteiger partial charge in [0.2, 0.25) is 0 Å². The van der Waals surface area contributed by atoms with Crippen LogP contribution in [0.4, 0.5) is 4.79 Å². The summed E-state index contributed by atoms with van der Waals surface area (Å²) in [6.07, 6.45) is 6.06. The van der Waals surface area contributed by atoms with E-state index in [-0.39, 0.29) is 18.4 Å². The molecule has 1 amide bonds. The van der Waals surface area contributed by atoms with Crippen molar-refractivity contribution in [1.82, 2.24) is 34.7 Å². The first-order valence-corrected chi connectivity index (χ1v) is 10.7. The Morgan fingerprint density at radius 3 is 2.60 bits per heavy atom. The zero-order chi connectivity index (χ0) is 21.3. The fourth-order valence-corrected chi connectivity index (χ4v) is 3.90. The largest absolute Gasteiger partial charge is 0.444 e. The van der Waals surface area contributed by atoms with Gasteiger partial charge in [-0.3, -0.25) is 0 Å². The van der Waals surface area contributed by atoms with Crippen molar-refractivity contribution < 1.29 is 14.3 Å². The summed E-state index contributed by atoms with van der Waals surface area (Å²) in [4.78, 5) is 20.4. The number of nitrogens with zero attached hydrogens (tertiary/aromatic N) is 7. The summed E-state index contributed by atoms with van der Waals surface area (Å²) in [6, 6.07) is 0.149. The first kappa shape index (κ1) is 20.8. The molecule has 2 aromatic rings. The predicted octanol–water partition coefficient (Wildman–Crippen LogP) is 3.12. The minimum Gasteiger partial charge on any atom is -0.444 e. The van der Waals surface area contributed by atoms with Crippen molar-refractivity contribution in [3.8, 4) is 11.5 Å². The smallest absolute Gasteiger partial charge is 0.410 e. The van der Waals surface area contributed by atoms with Crippen molar-refractivity contribution in [2.45, 2.75) is 77.7 Å². The van der Waals surface area contributed by atoms with E-state index in [1.165, 1.54) is 0 Å². The molecule has 0 saturated carbocycles. The molecule has 10 heteroatoms. The SMILES string of the molecule is Cc1nc(-c2cnn(C3CCCCO3)n2)n(C2CCN(C(=O)OC(C)(C)C)CC2)n1. The summed E-state index contributed by atoms with van der Waals surface area (Å²) < 4.78 is 13.2. The van der Waals surface area contributed by atoms with Crippen molar-refractivity contribution in [3.05, 3.63) is 12.0 Å². The Hall–Kier alpha value is -2.49. The number of carbonyl (C=O) groups is 1. The summed E-state index contributed by atoms with van der Waals surface area (Å²) in [7, 11) is 0. The van der Waals surface area contributed by atoms with Crippen LogP contribution in [0, 0.1) is 6.92 Å². The van der Waals surface area contributed by atoms with Gasteiger partial charge >= 0.3 is 6.09 Å². The van der Waals surface area contributed by atoms with Crippen molar-refractivity contribution in [1.29, 1.82) is 0 Å². The van der Waals surface area contributed by atoms with Crippen molar-refractivity contribution in [3.63, 3.8) is 0 Å². The normalized spacial score (nSPS) is 21.1. The van der Waals surface area contributed by atoms with Gasteiger partial charge in [-0.05, 0) is 59.8 Å². The number of hydrogen-bond acceptors (Lipinski definition) is 7. The van der Waals surface area contributed by atoms with Gasteiger partial charge in [-0.25, -0.2) is 14.5 Å². The maximum atomic E-state index is 12.3. The number of ether oxygens (including phenoxy) is 2. The van der Waals surface area contributed by atoms with Crippen molar-refractivity contribution in [2.75, 3.05) is 19.7 Å². The van der Waals surface area contributed by atoms with Crippen LogP contribution < -0.4 is 0 Å². The number of aryl methyl sites for hydroxylation is 1. The molecule has 0 spiro atoms. The van der Waals surface area contributed by atoms with Gasteiger partial charge in [0.25, 0.3) is 0 Å². The standard InChI is InChI=1S/C20H31N7O3/c1-14-22-18(16-13-21-27(24-16)17-7-5-6-12-29-17)26(23-14)15-8-10-25(11-9-15)19(28)30-20(2,3)4/h13,15,17H,5-12H2,1-4H3. The lowest BCUT2D eigenvalue weighted by Gasteiger charge is -2.33. The van der Waals surface area contributed by atoms with E-state index in [1.54, 1.807) is 15.9 Å². The highest BCUT2D eigenvalue weighted by molar-refractivity contribution is 5.68. The molecule has 2 aromatic heterocycles. The third kappa shape index (κ3) is 4.63. The Morgan fingerprint density at radius 1 is 1.17 bits per heavy atom. The molecule has 0 N–H and O–H groups in total. The Balaban J connectivity index is 1.46. The molecule has 0 aliphatic carbocycles. The summed E-state index contributed by atoms with van der Waals surface area (Å²) in [5.41, 5.74) is 0.206. The number of carbonyl (C=O) groups excluding carboxylic acids is 1. The average Bonchev–Trinajstić information content (AvgIpc) is 3.34. The molecule has 10 nitrogen and oxygen atoms in total. The highest BCUT2D eigenvalue weighted by atomic mass is 16.6. The lowest BCUT2D eigenvalue weighted by molar-refractivity contribution is -0.0479. The number of hydrogen-bond donors (Lipinski definition) is 0. The molecule has 2 fully saturated rings.